The Morgan fingerprint density at radius 3 is 3.17 bits per heavy atom. The molecule has 0 aromatic carbocycles. The second-order valence-electron chi connectivity index (χ2n) is 3.48. The van der Waals surface area contributed by atoms with Crippen molar-refractivity contribution in [2.75, 3.05) is 11.9 Å². The molecule has 94 valence electrons. The first kappa shape index (κ1) is 12.8. The van der Waals surface area contributed by atoms with Crippen molar-refractivity contribution in [3.8, 4) is 0 Å². The number of carbonyl (C=O) groups is 1. The molecule has 3 rings (SSSR count). The second-order valence-corrected chi connectivity index (χ2v) is 4.66. The summed E-state index contributed by atoms with van der Waals surface area (Å²) in [7, 11) is 0. The van der Waals surface area contributed by atoms with Crippen molar-refractivity contribution in [2.24, 2.45) is 4.99 Å². The Bertz CT molecular complexity index is 537. The van der Waals surface area contributed by atoms with Crippen molar-refractivity contribution in [1.82, 2.24) is 20.6 Å². The number of hydrogen-bond acceptors (Lipinski definition) is 6. The number of hydrogen-bond donors (Lipinski definition) is 2. The minimum atomic E-state index is -0.253. The summed E-state index contributed by atoms with van der Waals surface area (Å²) < 4.78 is 0. The average molecular weight is 285 g/mol. The Morgan fingerprint density at radius 2 is 2.44 bits per heavy atom. The molecule has 0 fully saturated rings. The highest BCUT2D eigenvalue weighted by Gasteiger charge is 2.28. The Kier molecular flexibility index (Phi) is 3.78. The molecule has 1 aromatic heterocycles. The topological polar surface area (TPSA) is 95.9 Å². The summed E-state index contributed by atoms with van der Waals surface area (Å²) in [5, 5.41) is 15.3. The van der Waals surface area contributed by atoms with Gasteiger partial charge >= 0.3 is 0 Å². The molecule has 2 N–H and O–H groups in total. The molecule has 0 saturated carbocycles. The predicted octanol–water partition coefficient (Wildman–Crippen LogP) is 0.570. The molecule has 1 unspecified atom stereocenters. The molecule has 0 bridgehead atoms. The monoisotopic (exact) mass is 284 g/mol. The van der Waals surface area contributed by atoms with Crippen LogP contribution in [-0.4, -0.2) is 44.5 Å². The number of carbonyl (C=O) groups excluding carboxylic acids is 1. The SMILES string of the molecule is Cl.O=C(Nc1nn[nH]n1)C1C=C2CN=CC=C2S1. The van der Waals surface area contributed by atoms with Gasteiger partial charge in [0.05, 0.1) is 6.54 Å². The molecule has 3 heterocycles. The molecule has 9 heteroatoms. The number of aliphatic imine (C=N–C) groups is 1. The van der Waals surface area contributed by atoms with Gasteiger partial charge in [0.15, 0.2) is 0 Å². The van der Waals surface area contributed by atoms with Gasteiger partial charge in [-0.1, -0.05) is 11.2 Å². The molecular weight excluding hydrogens is 276 g/mol. The first-order valence-corrected chi connectivity index (χ1v) is 5.83. The number of aromatic amines is 1. The number of allylic oxidation sites excluding steroid dienone is 1. The number of dihydropyridines is 1. The summed E-state index contributed by atoms with van der Waals surface area (Å²) in [5.41, 5.74) is 1.10. The summed E-state index contributed by atoms with van der Waals surface area (Å²) in [5.74, 6) is 0.0355. The lowest BCUT2D eigenvalue weighted by Gasteiger charge is -2.06. The Hall–Kier alpha value is -1.67. The molecule has 0 saturated heterocycles. The number of fused-ring (bicyclic) bond motifs is 1. The number of amides is 1. The van der Waals surface area contributed by atoms with E-state index >= 15 is 0 Å². The highest BCUT2D eigenvalue weighted by molar-refractivity contribution is 8.05. The summed E-state index contributed by atoms with van der Waals surface area (Å²) in [4.78, 5) is 17.1. The van der Waals surface area contributed by atoms with Crippen LogP contribution in [0.15, 0.2) is 27.6 Å². The van der Waals surface area contributed by atoms with E-state index in [0.717, 1.165) is 10.5 Å². The van der Waals surface area contributed by atoms with E-state index in [0.29, 0.717) is 6.54 Å². The fourth-order valence-corrected chi connectivity index (χ4v) is 2.68. The molecule has 1 atom stereocenters. The molecule has 0 radical (unpaired) electrons. The summed E-state index contributed by atoms with van der Waals surface area (Å²) >= 11 is 1.50. The molecule has 18 heavy (non-hydrogen) atoms. The van der Waals surface area contributed by atoms with Crippen LogP contribution in [0.1, 0.15) is 0 Å². The Labute approximate surface area is 113 Å². The lowest BCUT2D eigenvalue weighted by atomic mass is 10.2. The number of nitrogens with zero attached hydrogens (tertiary/aromatic N) is 4. The first-order valence-electron chi connectivity index (χ1n) is 4.95. The maximum atomic E-state index is 11.9. The van der Waals surface area contributed by atoms with Crippen LogP contribution in [0.2, 0.25) is 0 Å². The predicted molar refractivity (Wildman–Crippen MR) is 71.0 cm³/mol. The van der Waals surface area contributed by atoms with Crippen molar-refractivity contribution >= 4 is 42.2 Å². The third-order valence-electron chi connectivity index (χ3n) is 2.35. The fourth-order valence-electron chi connectivity index (χ4n) is 1.59. The minimum Gasteiger partial charge on any atom is -0.291 e. The van der Waals surface area contributed by atoms with Gasteiger partial charge in [-0.05, 0) is 16.9 Å². The standard InChI is InChI=1S/C9H8N6OS.ClH/c16-8(11-9-12-14-15-13-9)7-3-5-4-10-2-1-6(5)17-7;/h1-3,7H,4H2,(H2,11,12,13,14,15,16);1H. The summed E-state index contributed by atoms with van der Waals surface area (Å²) in [6, 6.07) is 0. The van der Waals surface area contributed by atoms with Crippen LogP contribution in [0.5, 0.6) is 0 Å². The third-order valence-corrected chi connectivity index (χ3v) is 3.61. The quantitative estimate of drug-likeness (QED) is 0.828. The highest BCUT2D eigenvalue weighted by atomic mass is 35.5. The van der Waals surface area contributed by atoms with E-state index in [1.165, 1.54) is 11.8 Å². The van der Waals surface area contributed by atoms with Crippen LogP contribution in [0.3, 0.4) is 0 Å². The summed E-state index contributed by atoms with van der Waals surface area (Å²) in [6.45, 7) is 0.644. The van der Waals surface area contributed by atoms with E-state index in [-0.39, 0.29) is 29.5 Å². The lowest BCUT2D eigenvalue weighted by molar-refractivity contribution is -0.115. The molecular formula is C9H9ClN6OS. The van der Waals surface area contributed by atoms with Crippen molar-refractivity contribution in [3.05, 3.63) is 22.6 Å². The van der Waals surface area contributed by atoms with E-state index in [1.54, 1.807) is 6.21 Å². The van der Waals surface area contributed by atoms with Crippen molar-refractivity contribution < 1.29 is 4.79 Å². The Balaban J connectivity index is 0.00000120. The van der Waals surface area contributed by atoms with E-state index in [2.05, 4.69) is 30.9 Å². The van der Waals surface area contributed by atoms with Crippen molar-refractivity contribution in [2.45, 2.75) is 5.25 Å². The van der Waals surface area contributed by atoms with Gasteiger partial charge in [0.25, 0.3) is 5.95 Å². The maximum Gasteiger partial charge on any atom is 0.269 e. The smallest absolute Gasteiger partial charge is 0.269 e. The number of H-pyrrole nitrogens is 1. The van der Waals surface area contributed by atoms with Gasteiger partial charge in [-0.15, -0.1) is 29.3 Å². The molecule has 0 spiro atoms. The molecule has 7 nitrogen and oxygen atoms in total. The zero-order valence-electron chi connectivity index (χ0n) is 9.03. The average Bonchev–Trinajstić information content (AvgIpc) is 2.96. The van der Waals surface area contributed by atoms with Crippen LogP contribution in [0.25, 0.3) is 0 Å². The number of anilines is 1. The van der Waals surface area contributed by atoms with E-state index in [1.807, 2.05) is 12.2 Å². The number of tetrazole rings is 1. The number of nitrogens with one attached hydrogen (secondary N) is 2. The van der Waals surface area contributed by atoms with E-state index in [4.69, 9.17) is 0 Å². The van der Waals surface area contributed by atoms with E-state index < -0.39 is 0 Å². The van der Waals surface area contributed by atoms with Crippen LogP contribution in [0.4, 0.5) is 5.95 Å². The number of aromatic nitrogens is 4. The maximum absolute atomic E-state index is 11.9. The van der Waals surface area contributed by atoms with Gasteiger partial charge in [0.1, 0.15) is 5.25 Å². The summed E-state index contributed by atoms with van der Waals surface area (Å²) in [6.07, 6.45) is 5.60. The minimum absolute atomic E-state index is 0. The van der Waals surface area contributed by atoms with Gasteiger partial charge < -0.3 is 0 Å². The van der Waals surface area contributed by atoms with E-state index in [9.17, 15) is 4.79 Å². The van der Waals surface area contributed by atoms with Gasteiger partial charge in [-0.3, -0.25) is 15.1 Å². The molecule has 2 aliphatic rings. The lowest BCUT2D eigenvalue weighted by Crippen LogP contribution is -2.22. The number of thioether (sulfide) groups is 1. The van der Waals surface area contributed by atoms with Crippen LogP contribution < -0.4 is 5.32 Å². The first-order chi connectivity index (χ1) is 8.33. The molecule has 2 aliphatic heterocycles. The third kappa shape index (κ3) is 2.44. The largest absolute Gasteiger partial charge is 0.291 e. The number of rotatable bonds is 2. The van der Waals surface area contributed by atoms with Crippen molar-refractivity contribution in [1.29, 1.82) is 0 Å². The zero-order chi connectivity index (χ0) is 11.7. The van der Waals surface area contributed by atoms with Crippen LogP contribution >= 0.6 is 24.2 Å². The molecule has 1 aromatic rings. The van der Waals surface area contributed by atoms with Gasteiger partial charge in [0.2, 0.25) is 5.91 Å². The van der Waals surface area contributed by atoms with Gasteiger partial charge in [-0.2, -0.15) is 5.21 Å². The van der Waals surface area contributed by atoms with Gasteiger partial charge in [-0.25, -0.2) is 0 Å². The Morgan fingerprint density at radius 1 is 1.56 bits per heavy atom. The molecule has 0 aliphatic carbocycles. The molecule has 1 amide bonds. The highest BCUT2D eigenvalue weighted by Crippen LogP contribution is 2.38. The van der Waals surface area contributed by atoms with Gasteiger partial charge in [0, 0.05) is 11.1 Å². The van der Waals surface area contributed by atoms with Crippen LogP contribution in [0, 0.1) is 0 Å². The van der Waals surface area contributed by atoms with Crippen LogP contribution in [-0.2, 0) is 4.79 Å². The fraction of sp³-hybridized carbons (Fsp3) is 0.222. The number of halogens is 1. The normalized spacial score (nSPS) is 20.6. The van der Waals surface area contributed by atoms with Crippen molar-refractivity contribution in [3.63, 3.8) is 0 Å². The zero-order valence-corrected chi connectivity index (χ0v) is 10.7. The second kappa shape index (κ2) is 5.32.